The van der Waals surface area contributed by atoms with E-state index in [-0.39, 0.29) is 5.57 Å². The molecule has 1 aliphatic rings. The molecule has 4 rings (SSSR count). The van der Waals surface area contributed by atoms with Gasteiger partial charge in [0.2, 0.25) is 0 Å². The van der Waals surface area contributed by atoms with Crippen molar-refractivity contribution in [3.63, 3.8) is 0 Å². The number of anilines is 1. The second-order valence-electron chi connectivity index (χ2n) is 8.52. The van der Waals surface area contributed by atoms with E-state index < -0.39 is 17.8 Å². The number of nitrogens with one attached hydrogen (secondary N) is 1. The Morgan fingerprint density at radius 2 is 1.56 bits per heavy atom. The average Bonchev–Trinajstić information content (AvgIpc) is 2.79. The maximum Gasteiger partial charge on any atom is 0.335 e. The highest BCUT2D eigenvalue weighted by Gasteiger charge is 2.37. The summed E-state index contributed by atoms with van der Waals surface area (Å²) >= 11 is 0. The molecule has 0 aliphatic carbocycles. The van der Waals surface area contributed by atoms with Crippen LogP contribution in [-0.4, -0.2) is 17.8 Å². The lowest BCUT2D eigenvalue weighted by molar-refractivity contribution is -0.122. The van der Waals surface area contributed by atoms with E-state index in [2.05, 4.69) is 31.3 Å². The number of amides is 4. The standard InChI is InChI=1S/C28H26N2O4/c1-17-5-12-25(20(4)13-17)30-27(32)24(26(31)29-28(30)33)15-21-8-10-23(11-9-21)34-16-22-7-6-18(2)19(3)14-22/h5-15H,16H2,1-4H3,(H,29,31,33)/b24-15+. The zero-order chi connectivity index (χ0) is 24.4. The van der Waals surface area contributed by atoms with Gasteiger partial charge in [-0.1, -0.05) is 48.0 Å². The molecular weight excluding hydrogens is 428 g/mol. The summed E-state index contributed by atoms with van der Waals surface area (Å²) in [6.07, 6.45) is 1.48. The fraction of sp³-hybridized carbons (Fsp3) is 0.179. The maximum absolute atomic E-state index is 13.1. The van der Waals surface area contributed by atoms with Gasteiger partial charge in [0.25, 0.3) is 11.8 Å². The van der Waals surface area contributed by atoms with Gasteiger partial charge in [-0.3, -0.25) is 14.9 Å². The molecule has 1 fully saturated rings. The number of ether oxygens (including phenoxy) is 1. The van der Waals surface area contributed by atoms with Crippen molar-refractivity contribution in [3.8, 4) is 5.75 Å². The van der Waals surface area contributed by atoms with E-state index in [1.807, 2.05) is 32.0 Å². The third-order valence-electron chi connectivity index (χ3n) is 5.86. The first-order valence-corrected chi connectivity index (χ1v) is 11.0. The van der Waals surface area contributed by atoms with Gasteiger partial charge >= 0.3 is 6.03 Å². The van der Waals surface area contributed by atoms with Crippen LogP contribution in [0.5, 0.6) is 5.75 Å². The van der Waals surface area contributed by atoms with Gasteiger partial charge in [0.15, 0.2) is 0 Å². The van der Waals surface area contributed by atoms with Crippen molar-refractivity contribution in [3.05, 3.63) is 99.6 Å². The normalized spacial score (nSPS) is 15.0. The minimum atomic E-state index is -0.755. The van der Waals surface area contributed by atoms with E-state index in [9.17, 15) is 14.4 Å². The van der Waals surface area contributed by atoms with Crippen LogP contribution in [0.15, 0.2) is 66.2 Å². The minimum absolute atomic E-state index is 0.108. The van der Waals surface area contributed by atoms with Crippen molar-refractivity contribution in [1.29, 1.82) is 0 Å². The molecule has 172 valence electrons. The van der Waals surface area contributed by atoms with Crippen molar-refractivity contribution < 1.29 is 19.1 Å². The van der Waals surface area contributed by atoms with Gasteiger partial charge in [-0.05, 0) is 79.8 Å². The Balaban J connectivity index is 1.52. The number of hydrogen-bond donors (Lipinski definition) is 1. The van der Waals surface area contributed by atoms with E-state index >= 15 is 0 Å². The van der Waals surface area contributed by atoms with Gasteiger partial charge in [-0.25, -0.2) is 9.69 Å². The average molecular weight is 455 g/mol. The Labute approximate surface area is 198 Å². The van der Waals surface area contributed by atoms with Crippen molar-refractivity contribution in [1.82, 2.24) is 5.32 Å². The molecule has 1 saturated heterocycles. The lowest BCUT2D eigenvalue weighted by atomic mass is 10.0. The lowest BCUT2D eigenvalue weighted by Gasteiger charge is -2.27. The number of imide groups is 2. The highest BCUT2D eigenvalue weighted by atomic mass is 16.5. The zero-order valence-corrected chi connectivity index (χ0v) is 19.6. The van der Waals surface area contributed by atoms with Crippen LogP contribution in [0.2, 0.25) is 0 Å². The third kappa shape index (κ3) is 4.76. The number of benzene rings is 3. The smallest absolute Gasteiger partial charge is 0.335 e. The first-order chi connectivity index (χ1) is 16.2. The van der Waals surface area contributed by atoms with E-state index in [4.69, 9.17) is 4.74 Å². The van der Waals surface area contributed by atoms with E-state index in [0.717, 1.165) is 21.6 Å². The SMILES string of the molecule is Cc1ccc(N2C(=O)NC(=O)/C(=C\c3ccc(OCc4ccc(C)c(C)c4)cc3)C2=O)c(C)c1. The monoisotopic (exact) mass is 454 g/mol. The molecule has 4 amide bonds. The molecule has 34 heavy (non-hydrogen) atoms. The summed E-state index contributed by atoms with van der Waals surface area (Å²) in [5.74, 6) is -0.700. The first kappa shape index (κ1) is 23.0. The fourth-order valence-corrected chi connectivity index (χ4v) is 3.82. The summed E-state index contributed by atoms with van der Waals surface area (Å²) in [6.45, 7) is 8.33. The van der Waals surface area contributed by atoms with Crippen LogP contribution < -0.4 is 15.0 Å². The Hall–Kier alpha value is -4.19. The topological polar surface area (TPSA) is 75.7 Å². The van der Waals surface area contributed by atoms with Crippen LogP contribution in [0.25, 0.3) is 6.08 Å². The summed E-state index contributed by atoms with van der Waals surface area (Å²) in [6, 6.07) is 18.0. The highest BCUT2D eigenvalue weighted by Crippen LogP contribution is 2.26. The molecule has 0 atom stereocenters. The second kappa shape index (κ2) is 9.35. The van der Waals surface area contributed by atoms with Crippen molar-refractivity contribution in [2.24, 2.45) is 0 Å². The van der Waals surface area contributed by atoms with Crippen LogP contribution in [0.4, 0.5) is 10.5 Å². The van der Waals surface area contributed by atoms with Gasteiger partial charge in [-0.15, -0.1) is 0 Å². The van der Waals surface area contributed by atoms with Crippen molar-refractivity contribution in [2.45, 2.75) is 34.3 Å². The van der Waals surface area contributed by atoms with Crippen LogP contribution in [0, 0.1) is 27.7 Å². The van der Waals surface area contributed by atoms with E-state index in [0.29, 0.717) is 23.6 Å². The van der Waals surface area contributed by atoms with E-state index in [1.54, 1.807) is 30.3 Å². The Morgan fingerprint density at radius 1 is 0.824 bits per heavy atom. The molecule has 6 nitrogen and oxygen atoms in total. The summed E-state index contributed by atoms with van der Waals surface area (Å²) < 4.78 is 5.87. The molecule has 3 aromatic rings. The quantitative estimate of drug-likeness (QED) is 0.427. The third-order valence-corrected chi connectivity index (χ3v) is 5.86. The fourth-order valence-electron chi connectivity index (χ4n) is 3.82. The van der Waals surface area contributed by atoms with Crippen molar-refractivity contribution in [2.75, 3.05) is 4.90 Å². The molecule has 1 heterocycles. The molecule has 0 radical (unpaired) electrons. The van der Waals surface area contributed by atoms with Crippen LogP contribution in [0.1, 0.15) is 33.4 Å². The molecule has 0 saturated carbocycles. The number of carbonyl (C=O) groups is 3. The summed E-state index contributed by atoms with van der Waals surface area (Å²) in [5, 5.41) is 2.26. The predicted molar refractivity (Wildman–Crippen MR) is 132 cm³/mol. The molecule has 6 heteroatoms. The Bertz CT molecular complexity index is 1320. The number of rotatable bonds is 5. The van der Waals surface area contributed by atoms with Gasteiger partial charge in [0.1, 0.15) is 17.9 Å². The summed E-state index contributed by atoms with van der Waals surface area (Å²) in [4.78, 5) is 39.0. The predicted octanol–water partition coefficient (Wildman–Crippen LogP) is 5.17. The molecule has 0 spiro atoms. The summed E-state index contributed by atoms with van der Waals surface area (Å²) in [7, 11) is 0. The summed E-state index contributed by atoms with van der Waals surface area (Å²) in [5.41, 5.74) is 6.29. The molecule has 0 bridgehead atoms. The van der Waals surface area contributed by atoms with Gasteiger partial charge < -0.3 is 4.74 Å². The number of hydrogen-bond acceptors (Lipinski definition) is 4. The number of carbonyl (C=O) groups excluding carboxylic acids is 3. The Kier molecular flexibility index (Phi) is 6.32. The molecule has 1 N–H and O–H groups in total. The van der Waals surface area contributed by atoms with E-state index in [1.165, 1.54) is 17.2 Å². The molecular formula is C28H26N2O4. The minimum Gasteiger partial charge on any atom is -0.489 e. The van der Waals surface area contributed by atoms with Gasteiger partial charge in [-0.2, -0.15) is 0 Å². The first-order valence-electron chi connectivity index (χ1n) is 11.0. The van der Waals surface area contributed by atoms with Gasteiger partial charge in [0, 0.05) is 0 Å². The largest absolute Gasteiger partial charge is 0.489 e. The number of urea groups is 1. The van der Waals surface area contributed by atoms with Gasteiger partial charge in [0.05, 0.1) is 5.69 Å². The van der Waals surface area contributed by atoms with Crippen LogP contribution in [-0.2, 0) is 16.2 Å². The maximum atomic E-state index is 13.1. The lowest BCUT2D eigenvalue weighted by Crippen LogP contribution is -2.54. The molecule has 0 aromatic heterocycles. The zero-order valence-electron chi connectivity index (χ0n) is 19.6. The van der Waals surface area contributed by atoms with Crippen molar-refractivity contribution >= 4 is 29.6 Å². The number of nitrogens with zero attached hydrogens (tertiary/aromatic N) is 1. The molecule has 3 aromatic carbocycles. The van der Waals surface area contributed by atoms with Crippen LogP contribution >= 0.6 is 0 Å². The second-order valence-corrected chi connectivity index (χ2v) is 8.52. The number of barbiturate groups is 1. The Morgan fingerprint density at radius 3 is 2.24 bits per heavy atom. The van der Waals surface area contributed by atoms with Crippen LogP contribution in [0.3, 0.4) is 0 Å². The molecule has 1 aliphatic heterocycles. The number of aryl methyl sites for hydroxylation is 4. The molecule has 0 unspecified atom stereocenters. The highest BCUT2D eigenvalue weighted by molar-refractivity contribution is 6.39.